The van der Waals surface area contributed by atoms with Crippen molar-refractivity contribution in [3.63, 3.8) is 0 Å². The molecule has 1 aliphatic heterocycles. The molecular formula is C18H23NO4. The number of unbranched alkanes of at least 4 members (excludes halogenated alkanes) is 2. The number of amides is 1. The van der Waals surface area contributed by atoms with E-state index in [9.17, 15) is 14.4 Å². The summed E-state index contributed by atoms with van der Waals surface area (Å²) in [4.78, 5) is 35.5. The van der Waals surface area contributed by atoms with Gasteiger partial charge in [-0.1, -0.05) is 50.1 Å². The van der Waals surface area contributed by atoms with Gasteiger partial charge in [0.05, 0.1) is 6.42 Å². The number of benzene rings is 1. The molecule has 5 heteroatoms. The molecule has 1 unspecified atom stereocenters. The van der Waals surface area contributed by atoms with Gasteiger partial charge in [-0.15, -0.1) is 0 Å². The molecule has 2 rings (SSSR count). The second-order valence-corrected chi connectivity index (χ2v) is 5.86. The minimum atomic E-state index is -0.670. The van der Waals surface area contributed by atoms with Crippen LogP contribution < -0.4 is 5.32 Å². The van der Waals surface area contributed by atoms with Crippen LogP contribution in [0.3, 0.4) is 0 Å². The molecule has 1 aromatic carbocycles. The molecule has 0 aliphatic carbocycles. The summed E-state index contributed by atoms with van der Waals surface area (Å²) in [6, 6.07) is 8.76. The first-order valence-corrected chi connectivity index (χ1v) is 8.16. The van der Waals surface area contributed by atoms with E-state index in [2.05, 4.69) is 12.2 Å². The standard InChI is InChI=1S/C18H23NO4/c1-2-3-5-10-14(20)11-17(21)19-15-12-16(23-18(15)22)13-8-6-4-7-9-13/h4,6-9,15-16H,2-3,5,10-12H2,1H3,(H,19,21)/t15-,16?/m0/s1. The zero-order valence-corrected chi connectivity index (χ0v) is 13.4. The quantitative estimate of drug-likeness (QED) is 0.454. The van der Waals surface area contributed by atoms with Gasteiger partial charge < -0.3 is 10.1 Å². The van der Waals surface area contributed by atoms with E-state index < -0.39 is 17.9 Å². The highest BCUT2D eigenvalue weighted by molar-refractivity contribution is 5.99. The molecule has 1 aromatic rings. The molecule has 1 N–H and O–H groups in total. The van der Waals surface area contributed by atoms with Crippen molar-refractivity contribution in [3.8, 4) is 0 Å². The van der Waals surface area contributed by atoms with Gasteiger partial charge in [-0.3, -0.25) is 9.59 Å². The minimum absolute atomic E-state index is 0.0816. The zero-order valence-electron chi connectivity index (χ0n) is 13.4. The molecule has 2 atom stereocenters. The van der Waals surface area contributed by atoms with Gasteiger partial charge in [0.15, 0.2) is 0 Å². The summed E-state index contributed by atoms with van der Waals surface area (Å²) in [6.07, 6.45) is 3.15. The van der Waals surface area contributed by atoms with Crippen molar-refractivity contribution in [1.82, 2.24) is 5.32 Å². The van der Waals surface area contributed by atoms with Crippen molar-refractivity contribution in [2.75, 3.05) is 0 Å². The van der Waals surface area contributed by atoms with Crippen molar-refractivity contribution < 1.29 is 19.1 Å². The van der Waals surface area contributed by atoms with Gasteiger partial charge in [0.2, 0.25) is 5.91 Å². The van der Waals surface area contributed by atoms with Crippen LogP contribution in [0, 0.1) is 0 Å². The van der Waals surface area contributed by atoms with Crippen LogP contribution in [0.15, 0.2) is 30.3 Å². The highest BCUT2D eigenvalue weighted by atomic mass is 16.6. The molecule has 0 aromatic heterocycles. The lowest BCUT2D eigenvalue weighted by Crippen LogP contribution is -2.38. The second-order valence-electron chi connectivity index (χ2n) is 5.86. The maximum atomic E-state index is 11.9. The van der Waals surface area contributed by atoms with E-state index in [4.69, 9.17) is 4.74 Å². The number of carbonyl (C=O) groups is 3. The number of ketones is 1. The van der Waals surface area contributed by atoms with Crippen LogP contribution in [-0.4, -0.2) is 23.7 Å². The average Bonchev–Trinajstić information content (AvgIpc) is 2.89. The number of hydrogen-bond acceptors (Lipinski definition) is 4. The Kier molecular flexibility index (Phi) is 6.32. The van der Waals surface area contributed by atoms with Crippen LogP contribution in [0.5, 0.6) is 0 Å². The predicted octanol–water partition coefficient (Wildman–Crippen LogP) is 2.70. The number of ether oxygens (including phenoxy) is 1. The number of esters is 1. The number of rotatable bonds is 8. The van der Waals surface area contributed by atoms with Crippen LogP contribution in [0.4, 0.5) is 0 Å². The Hall–Kier alpha value is -2.17. The van der Waals surface area contributed by atoms with Gasteiger partial charge in [-0.2, -0.15) is 0 Å². The molecule has 0 spiro atoms. The maximum Gasteiger partial charge on any atom is 0.329 e. The third-order valence-corrected chi connectivity index (χ3v) is 3.92. The van der Waals surface area contributed by atoms with Gasteiger partial charge in [0.25, 0.3) is 0 Å². The van der Waals surface area contributed by atoms with E-state index in [1.807, 2.05) is 30.3 Å². The zero-order chi connectivity index (χ0) is 16.7. The van der Waals surface area contributed by atoms with E-state index in [0.717, 1.165) is 24.8 Å². The molecular weight excluding hydrogens is 294 g/mol. The topological polar surface area (TPSA) is 72.5 Å². The van der Waals surface area contributed by atoms with Gasteiger partial charge >= 0.3 is 5.97 Å². The van der Waals surface area contributed by atoms with E-state index in [1.165, 1.54) is 0 Å². The monoisotopic (exact) mass is 317 g/mol. The van der Waals surface area contributed by atoms with E-state index >= 15 is 0 Å². The molecule has 124 valence electrons. The predicted molar refractivity (Wildman–Crippen MR) is 85.6 cm³/mol. The Balaban J connectivity index is 1.80. The number of nitrogens with one attached hydrogen (secondary N) is 1. The number of cyclic esters (lactones) is 1. The summed E-state index contributed by atoms with van der Waals surface area (Å²) in [5, 5.41) is 2.62. The lowest BCUT2D eigenvalue weighted by atomic mass is 10.0. The summed E-state index contributed by atoms with van der Waals surface area (Å²) in [5.41, 5.74) is 0.910. The average molecular weight is 317 g/mol. The van der Waals surface area contributed by atoms with Crippen molar-refractivity contribution >= 4 is 17.7 Å². The Morgan fingerprint density at radius 3 is 2.65 bits per heavy atom. The van der Waals surface area contributed by atoms with Gasteiger partial charge in [-0.25, -0.2) is 4.79 Å². The Morgan fingerprint density at radius 1 is 1.22 bits per heavy atom. The minimum Gasteiger partial charge on any atom is -0.456 e. The Bertz CT molecular complexity index is 555. The molecule has 0 radical (unpaired) electrons. The molecule has 0 bridgehead atoms. The number of hydrogen-bond donors (Lipinski definition) is 1. The lowest BCUT2D eigenvalue weighted by Gasteiger charge is -2.09. The van der Waals surface area contributed by atoms with Crippen molar-refractivity contribution in [2.24, 2.45) is 0 Å². The normalized spacial score (nSPS) is 20.1. The van der Waals surface area contributed by atoms with Crippen LogP contribution in [-0.2, 0) is 19.1 Å². The smallest absolute Gasteiger partial charge is 0.329 e. The fraction of sp³-hybridized carbons (Fsp3) is 0.500. The molecule has 23 heavy (non-hydrogen) atoms. The highest BCUT2D eigenvalue weighted by Gasteiger charge is 2.36. The molecule has 0 saturated carbocycles. The van der Waals surface area contributed by atoms with E-state index in [-0.39, 0.29) is 18.3 Å². The largest absolute Gasteiger partial charge is 0.456 e. The molecule has 1 heterocycles. The molecule has 5 nitrogen and oxygen atoms in total. The highest BCUT2D eigenvalue weighted by Crippen LogP contribution is 2.29. The SMILES string of the molecule is CCCCCC(=O)CC(=O)N[C@H]1CC(c2ccccc2)OC1=O. The molecule has 1 saturated heterocycles. The van der Waals surface area contributed by atoms with E-state index in [0.29, 0.717) is 12.8 Å². The third kappa shape index (κ3) is 5.20. The first kappa shape index (κ1) is 17.2. The molecule has 1 amide bonds. The first-order valence-electron chi connectivity index (χ1n) is 8.16. The van der Waals surface area contributed by atoms with Gasteiger partial charge in [0.1, 0.15) is 17.9 Å². The van der Waals surface area contributed by atoms with Crippen LogP contribution in [0.25, 0.3) is 0 Å². The fourth-order valence-corrected chi connectivity index (χ4v) is 2.66. The van der Waals surface area contributed by atoms with Crippen LogP contribution >= 0.6 is 0 Å². The molecule has 1 fully saturated rings. The third-order valence-electron chi connectivity index (χ3n) is 3.92. The Morgan fingerprint density at radius 2 is 1.96 bits per heavy atom. The number of Topliss-reactive ketones (excluding diaryl/α,β-unsaturated/α-hetero) is 1. The Labute approximate surface area is 136 Å². The lowest BCUT2D eigenvalue weighted by molar-refractivity contribution is -0.144. The first-order chi connectivity index (χ1) is 11.1. The summed E-state index contributed by atoms with van der Waals surface area (Å²) < 4.78 is 5.31. The van der Waals surface area contributed by atoms with Crippen molar-refractivity contribution in [1.29, 1.82) is 0 Å². The van der Waals surface area contributed by atoms with Gasteiger partial charge in [-0.05, 0) is 12.0 Å². The van der Waals surface area contributed by atoms with Gasteiger partial charge in [0, 0.05) is 12.8 Å². The molecule has 1 aliphatic rings. The summed E-state index contributed by atoms with van der Waals surface area (Å²) >= 11 is 0. The summed E-state index contributed by atoms with van der Waals surface area (Å²) in [7, 11) is 0. The number of carbonyl (C=O) groups excluding carboxylic acids is 3. The summed E-state index contributed by atoms with van der Waals surface area (Å²) in [6.45, 7) is 2.06. The van der Waals surface area contributed by atoms with Crippen molar-refractivity contribution in [3.05, 3.63) is 35.9 Å². The van der Waals surface area contributed by atoms with Crippen LogP contribution in [0.2, 0.25) is 0 Å². The van der Waals surface area contributed by atoms with E-state index in [1.54, 1.807) is 0 Å². The maximum absolute atomic E-state index is 11.9. The summed E-state index contributed by atoms with van der Waals surface area (Å²) in [5.74, 6) is -0.922. The second kappa shape index (κ2) is 8.46. The fourth-order valence-electron chi connectivity index (χ4n) is 2.66. The van der Waals surface area contributed by atoms with Crippen LogP contribution in [0.1, 0.15) is 57.1 Å². The van der Waals surface area contributed by atoms with Crippen molar-refractivity contribution in [2.45, 2.75) is 57.6 Å².